The fourth-order valence-corrected chi connectivity index (χ4v) is 3.37. The molecule has 1 saturated heterocycles. The first kappa shape index (κ1) is 15.0. The van der Waals surface area contributed by atoms with Gasteiger partial charge in [0.2, 0.25) is 0 Å². The number of hydrogen-bond acceptors (Lipinski definition) is 3. The second-order valence-electron chi connectivity index (χ2n) is 6.43. The van der Waals surface area contributed by atoms with E-state index in [9.17, 15) is 0 Å². The van der Waals surface area contributed by atoms with Crippen LogP contribution >= 0.6 is 0 Å². The van der Waals surface area contributed by atoms with E-state index in [-0.39, 0.29) is 0 Å². The highest BCUT2D eigenvalue weighted by atomic mass is 16.5. The monoisotopic (exact) mass is 318 g/mol. The van der Waals surface area contributed by atoms with Gasteiger partial charge in [-0.25, -0.2) is 0 Å². The van der Waals surface area contributed by atoms with Crippen LogP contribution in [-0.4, -0.2) is 18.1 Å². The minimum absolute atomic E-state index is 0.581. The number of aryl methyl sites for hydroxylation is 1. The summed E-state index contributed by atoms with van der Waals surface area (Å²) in [6.45, 7) is 4.93. The summed E-state index contributed by atoms with van der Waals surface area (Å²) in [7, 11) is 0. The number of fused-ring (bicyclic) bond motifs is 1. The van der Waals surface area contributed by atoms with Crippen molar-refractivity contribution in [1.82, 2.24) is 4.98 Å². The summed E-state index contributed by atoms with van der Waals surface area (Å²) in [6.07, 6.45) is 2.56. The molecule has 3 heteroatoms. The predicted octanol–water partition coefficient (Wildman–Crippen LogP) is 4.72. The molecule has 24 heavy (non-hydrogen) atoms. The molecule has 0 amide bonds. The number of hydrogen-bond donors (Lipinski definition) is 0. The normalized spacial score (nSPS) is 14.3. The molecule has 0 radical (unpaired) electrons. The van der Waals surface area contributed by atoms with Gasteiger partial charge >= 0.3 is 0 Å². The first-order valence-corrected chi connectivity index (χ1v) is 8.63. The van der Waals surface area contributed by atoms with E-state index in [1.165, 1.54) is 29.5 Å². The first-order valence-electron chi connectivity index (χ1n) is 8.63. The van der Waals surface area contributed by atoms with Gasteiger partial charge in [0.25, 0.3) is 0 Å². The third-order valence-electron chi connectivity index (χ3n) is 4.58. The Bertz CT molecular complexity index is 839. The molecule has 1 aliphatic heterocycles. The number of ether oxygens (including phenoxy) is 1. The molecule has 1 aliphatic rings. The van der Waals surface area contributed by atoms with Crippen LogP contribution in [0.1, 0.15) is 24.1 Å². The molecule has 0 atom stereocenters. The van der Waals surface area contributed by atoms with Crippen molar-refractivity contribution >= 4 is 16.6 Å². The van der Waals surface area contributed by atoms with Gasteiger partial charge in [0.1, 0.15) is 12.4 Å². The summed E-state index contributed by atoms with van der Waals surface area (Å²) in [5.41, 5.74) is 4.56. The molecule has 3 nitrogen and oxygen atoms in total. The maximum Gasteiger partial charge on any atom is 0.122 e. The van der Waals surface area contributed by atoms with E-state index < -0.39 is 0 Å². The van der Waals surface area contributed by atoms with Crippen LogP contribution in [0, 0.1) is 6.92 Å². The van der Waals surface area contributed by atoms with Crippen LogP contribution in [-0.2, 0) is 6.61 Å². The molecule has 0 N–H and O–H groups in total. The minimum Gasteiger partial charge on any atom is -0.489 e. The number of aromatic nitrogens is 1. The summed E-state index contributed by atoms with van der Waals surface area (Å²) in [6, 6.07) is 18.7. The van der Waals surface area contributed by atoms with Crippen LogP contribution in [0.3, 0.4) is 0 Å². The maximum atomic E-state index is 5.95. The standard InChI is InChI=1S/C21H22N2O/c1-16-13-21(23-11-5-6-12-23)19-10-9-18(14-20(19)22-16)24-15-17-7-3-2-4-8-17/h2-4,7-10,13-14H,5-6,11-12,15H2,1H3. The lowest BCUT2D eigenvalue weighted by Gasteiger charge is -2.20. The molecule has 1 aromatic heterocycles. The molecule has 2 aromatic carbocycles. The van der Waals surface area contributed by atoms with Gasteiger partial charge in [-0.05, 0) is 43.5 Å². The summed E-state index contributed by atoms with van der Waals surface area (Å²) in [5, 5.41) is 1.22. The van der Waals surface area contributed by atoms with Crippen LogP contribution < -0.4 is 9.64 Å². The van der Waals surface area contributed by atoms with Crippen molar-refractivity contribution in [1.29, 1.82) is 0 Å². The third kappa shape index (κ3) is 3.07. The lowest BCUT2D eigenvalue weighted by atomic mass is 10.1. The second kappa shape index (κ2) is 6.52. The quantitative estimate of drug-likeness (QED) is 0.696. The Morgan fingerprint density at radius 3 is 2.58 bits per heavy atom. The van der Waals surface area contributed by atoms with Gasteiger partial charge in [0.15, 0.2) is 0 Å². The third-order valence-corrected chi connectivity index (χ3v) is 4.58. The molecule has 0 bridgehead atoms. The number of anilines is 1. The molecule has 4 rings (SSSR count). The van der Waals surface area contributed by atoms with Gasteiger partial charge in [0, 0.05) is 35.9 Å². The Kier molecular flexibility index (Phi) is 4.08. The molecule has 3 aromatic rings. The first-order chi connectivity index (χ1) is 11.8. The highest BCUT2D eigenvalue weighted by Gasteiger charge is 2.16. The van der Waals surface area contributed by atoms with E-state index in [0.29, 0.717) is 6.61 Å². The molecule has 0 saturated carbocycles. The molecular weight excluding hydrogens is 296 g/mol. The van der Waals surface area contributed by atoms with Gasteiger partial charge in [-0.3, -0.25) is 4.98 Å². The van der Waals surface area contributed by atoms with E-state index in [2.05, 4.69) is 48.2 Å². The predicted molar refractivity (Wildman–Crippen MR) is 98.7 cm³/mol. The van der Waals surface area contributed by atoms with Gasteiger partial charge in [-0.2, -0.15) is 0 Å². The molecule has 0 aliphatic carbocycles. The van der Waals surface area contributed by atoms with Crippen molar-refractivity contribution in [2.45, 2.75) is 26.4 Å². The summed E-state index contributed by atoms with van der Waals surface area (Å²) < 4.78 is 5.95. The smallest absolute Gasteiger partial charge is 0.122 e. The van der Waals surface area contributed by atoms with Crippen molar-refractivity contribution in [2.24, 2.45) is 0 Å². The van der Waals surface area contributed by atoms with Crippen LogP contribution in [0.15, 0.2) is 54.6 Å². The fourth-order valence-electron chi connectivity index (χ4n) is 3.37. The lowest BCUT2D eigenvalue weighted by molar-refractivity contribution is 0.306. The Labute approximate surface area is 142 Å². The summed E-state index contributed by atoms with van der Waals surface area (Å²) in [4.78, 5) is 7.19. The molecular formula is C21H22N2O. The van der Waals surface area contributed by atoms with E-state index >= 15 is 0 Å². The number of nitrogens with zero attached hydrogens (tertiary/aromatic N) is 2. The van der Waals surface area contributed by atoms with Gasteiger partial charge in [-0.15, -0.1) is 0 Å². The average Bonchev–Trinajstić information content (AvgIpc) is 3.14. The van der Waals surface area contributed by atoms with E-state index in [4.69, 9.17) is 9.72 Å². The van der Waals surface area contributed by atoms with E-state index in [1.54, 1.807) is 0 Å². The maximum absolute atomic E-state index is 5.95. The zero-order chi connectivity index (χ0) is 16.4. The summed E-state index contributed by atoms with van der Waals surface area (Å²) >= 11 is 0. The van der Waals surface area contributed by atoms with Crippen LogP contribution in [0.2, 0.25) is 0 Å². The molecule has 2 heterocycles. The largest absolute Gasteiger partial charge is 0.489 e. The zero-order valence-corrected chi connectivity index (χ0v) is 14.0. The van der Waals surface area contributed by atoms with Crippen molar-refractivity contribution in [3.63, 3.8) is 0 Å². The van der Waals surface area contributed by atoms with Crippen LogP contribution in [0.25, 0.3) is 10.9 Å². The van der Waals surface area contributed by atoms with Crippen molar-refractivity contribution in [2.75, 3.05) is 18.0 Å². The Morgan fingerprint density at radius 2 is 1.79 bits per heavy atom. The Hall–Kier alpha value is -2.55. The molecule has 122 valence electrons. The van der Waals surface area contributed by atoms with Crippen molar-refractivity contribution < 1.29 is 4.74 Å². The number of pyridine rings is 1. The van der Waals surface area contributed by atoms with Crippen LogP contribution in [0.4, 0.5) is 5.69 Å². The SMILES string of the molecule is Cc1cc(N2CCCC2)c2ccc(OCc3ccccc3)cc2n1. The zero-order valence-electron chi connectivity index (χ0n) is 14.0. The van der Waals surface area contributed by atoms with E-state index in [0.717, 1.165) is 30.0 Å². The van der Waals surface area contributed by atoms with E-state index in [1.807, 2.05) is 18.2 Å². The Morgan fingerprint density at radius 1 is 1.00 bits per heavy atom. The number of benzene rings is 2. The highest BCUT2D eigenvalue weighted by molar-refractivity contribution is 5.93. The Balaban J connectivity index is 1.63. The lowest BCUT2D eigenvalue weighted by Crippen LogP contribution is -2.18. The average molecular weight is 318 g/mol. The van der Waals surface area contributed by atoms with Gasteiger partial charge in [0.05, 0.1) is 5.52 Å². The minimum atomic E-state index is 0.581. The highest BCUT2D eigenvalue weighted by Crippen LogP contribution is 2.31. The van der Waals surface area contributed by atoms with Gasteiger partial charge < -0.3 is 9.64 Å². The topological polar surface area (TPSA) is 25.4 Å². The van der Waals surface area contributed by atoms with Crippen molar-refractivity contribution in [3.8, 4) is 5.75 Å². The second-order valence-corrected chi connectivity index (χ2v) is 6.43. The molecule has 1 fully saturated rings. The van der Waals surface area contributed by atoms with Crippen molar-refractivity contribution in [3.05, 3.63) is 65.9 Å². The molecule has 0 spiro atoms. The molecule has 0 unspecified atom stereocenters. The summed E-state index contributed by atoms with van der Waals surface area (Å²) in [5.74, 6) is 0.872. The fraction of sp³-hybridized carbons (Fsp3) is 0.286. The number of rotatable bonds is 4. The van der Waals surface area contributed by atoms with Gasteiger partial charge in [-0.1, -0.05) is 30.3 Å². The van der Waals surface area contributed by atoms with Crippen LogP contribution in [0.5, 0.6) is 5.75 Å².